The van der Waals surface area contributed by atoms with E-state index in [0.29, 0.717) is 17.5 Å². The predicted octanol–water partition coefficient (Wildman–Crippen LogP) is 2.98. The Morgan fingerprint density at radius 3 is 2.94 bits per heavy atom. The average molecular weight is 264 g/mol. The van der Waals surface area contributed by atoms with Gasteiger partial charge in [-0.2, -0.15) is 4.98 Å². The number of nitrogens with zero attached hydrogens (tertiary/aromatic N) is 2. The van der Waals surface area contributed by atoms with Crippen LogP contribution in [0, 0.1) is 0 Å². The minimum Gasteiger partial charge on any atom is -0.389 e. The Morgan fingerprint density at radius 1 is 1.44 bits per heavy atom. The summed E-state index contributed by atoms with van der Waals surface area (Å²) in [6, 6.07) is 7.85. The van der Waals surface area contributed by atoms with Crippen LogP contribution in [0.1, 0.15) is 37.2 Å². The fourth-order valence-corrected chi connectivity index (χ4v) is 2.31. The van der Waals surface area contributed by atoms with Crippen molar-refractivity contribution in [1.82, 2.24) is 10.1 Å². The van der Waals surface area contributed by atoms with Gasteiger partial charge in [-0.25, -0.2) is 0 Å². The van der Waals surface area contributed by atoms with Crippen LogP contribution in [0.25, 0.3) is 0 Å². The van der Waals surface area contributed by atoms with Gasteiger partial charge in [-0.3, -0.25) is 0 Å². The maximum Gasteiger partial charge on any atom is 0.226 e. The van der Waals surface area contributed by atoms with Crippen LogP contribution in [0.2, 0.25) is 0 Å². The van der Waals surface area contributed by atoms with Gasteiger partial charge in [0, 0.05) is 11.3 Å². The Labute approximate surface area is 110 Å². The van der Waals surface area contributed by atoms with Crippen LogP contribution in [0.15, 0.2) is 33.7 Å². The number of aliphatic hydroxyl groups excluding tert-OH is 1. The molecule has 0 amide bonds. The van der Waals surface area contributed by atoms with E-state index in [2.05, 4.69) is 10.1 Å². The van der Waals surface area contributed by atoms with E-state index in [9.17, 15) is 5.11 Å². The van der Waals surface area contributed by atoms with Crippen molar-refractivity contribution in [3.05, 3.63) is 41.5 Å². The monoisotopic (exact) mass is 264 g/mol. The summed E-state index contributed by atoms with van der Waals surface area (Å²) < 4.78 is 5.05. The second-order valence-corrected chi connectivity index (χ2v) is 5.04. The zero-order chi connectivity index (χ0) is 13.0. The molecule has 5 heteroatoms. The lowest BCUT2D eigenvalue weighted by molar-refractivity contribution is 0.199. The fourth-order valence-electron chi connectivity index (χ4n) is 1.50. The van der Waals surface area contributed by atoms with Gasteiger partial charge in [0.1, 0.15) is 0 Å². The maximum atomic E-state index is 9.52. The lowest BCUT2D eigenvalue weighted by Crippen LogP contribution is -1.91. The molecule has 1 aromatic heterocycles. The third-order valence-electron chi connectivity index (χ3n) is 2.52. The Hall–Kier alpha value is -1.33. The van der Waals surface area contributed by atoms with Gasteiger partial charge in [0.05, 0.1) is 11.9 Å². The van der Waals surface area contributed by atoms with Gasteiger partial charge in [0.2, 0.25) is 5.89 Å². The summed E-state index contributed by atoms with van der Waals surface area (Å²) in [4.78, 5) is 5.35. The van der Waals surface area contributed by atoms with Crippen molar-refractivity contribution in [2.75, 3.05) is 0 Å². The van der Waals surface area contributed by atoms with Gasteiger partial charge in [-0.1, -0.05) is 24.2 Å². The molecule has 2 aromatic rings. The minimum absolute atomic E-state index is 0.442. The Morgan fingerprint density at radius 2 is 2.28 bits per heavy atom. The SMILES string of the molecule is CCc1nc(CSc2cccc(C(C)O)c2)no1. The molecular weight excluding hydrogens is 248 g/mol. The van der Waals surface area contributed by atoms with Crippen LogP contribution in [-0.2, 0) is 12.2 Å². The molecule has 0 fully saturated rings. The minimum atomic E-state index is -0.442. The number of hydrogen-bond donors (Lipinski definition) is 1. The van der Waals surface area contributed by atoms with Gasteiger partial charge in [-0.05, 0) is 24.6 Å². The fraction of sp³-hybridized carbons (Fsp3) is 0.385. The smallest absolute Gasteiger partial charge is 0.226 e. The Kier molecular flexibility index (Phi) is 4.38. The zero-order valence-electron chi connectivity index (χ0n) is 10.5. The summed E-state index contributed by atoms with van der Waals surface area (Å²) in [5, 5.41) is 13.4. The molecule has 0 radical (unpaired) electrons. The zero-order valence-corrected chi connectivity index (χ0v) is 11.3. The van der Waals surface area contributed by atoms with Crippen molar-refractivity contribution in [1.29, 1.82) is 0 Å². The average Bonchev–Trinajstić information content (AvgIpc) is 2.84. The van der Waals surface area contributed by atoms with Gasteiger partial charge in [-0.15, -0.1) is 11.8 Å². The van der Waals surface area contributed by atoms with Crippen molar-refractivity contribution in [2.45, 2.75) is 37.0 Å². The lowest BCUT2D eigenvalue weighted by atomic mass is 10.1. The molecule has 1 heterocycles. The Bertz CT molecular complexity index is 511. The van der Waals surface area contributed by atoms with E-state index < -0.39 is 6.10 Å². The van der Waals surface area contributed by atoms with E-state index >= 15 is 0 Å². The molecule has 0 aliphatic carbocycles. The number of aryl methyl sites for hydroxylation is 1. The number of rotatable bonds is 5. The van der Waals surface area contributed by atoms with Crippen LogP contribution in [-0.4, -0.2) is 15.2 Å². The molecule has 4 nitrogen and oxygen atoms in total. The van der Waals surface area contributed by atoms with Crippen LogP contribution in [0.4, 0.5) is 0 Å². The molecule has 0 aliphatic rings. The molecule has 1 unspecified atom stereocenters. The first kappa shape index (κ1) is 13.1. The largest absolute Gasteiger partial charge is 0.389 e. The van der Waals surface area contributed by atoms with Crippen molar-refractivity contribution in [3.8, 4) is 0 Å². The third kappa shape index (κ3) is 3.34. The number of aromatic nitrogens is 2. The summed E-state index contributed by atoms with van der Waals surface area (Å²) in [5.41, 5.74) is 0.919. The van der Waals surface area contributed by atoms with Crippen molar-refractivity contribution in [2.24, 2.45) is 0 Å². The quantitative estimate of drug-likeness (QED) is 0.841. The summed E-state index contributed by atoms with van der Waals surface area (Å²) in [5.74, 6) is 2.05. The molecule has 0 bridgehead atoms. The van der Waals surface area contributed by atoms with E-state index in [-0.39, 0.29) is 0 Å². The molecule has 0 saturated heterocycles. The van der Waals surface area contributed by atoms with Crippen LogP contribution < -0.4 is 0 Å². The molecule has 0 spiro atoms. The third-order valence-corrected chi connectivity index (χ3v) is 3.51. The molecule has 1 atom stereocenters. The highest BCUT2D eigenvalue weighted by molar-refractivity contribution is 7.98. The Balaban J connectivity index is 1.99. The number of thioether (sulfide) groups is 1. The predicted molar refractivity (Wildman–Crippen MR) is 70.3 cm³/mol. The normalized spacial score (nSPS) is 12.6. The first-order chi connectivity index (χ1) is 8.69. The first-order valence-electron chi connectivity index (χ1n) is 5.91. The van der Waals surface area contributed by atoms with Gasteiger partial charge < -0.3 is 9.63 Å². The van der Waals surface area contributed by atoms with Crippen molar-refractivity contribution >= 4 is 11.8 Å². The van der Waals surface area contributed by atoms with Crippen LogP contribution in [0.3, 0.4) is 0 Å². The van der Waals surface area contributed by atoms with E-state index in [4.69, 9.17) is 4.52 Å². The molecule has 0 saturated carbocycles. The molecular formula is C13H16N2O2S. The van der Waals surface area contributed by atoms with Crippen molar-refractivity contribution < 1.29 is 9.63 Å². The van der Waals surface area contributed by atoms with E-state index in [1.807, 2.05) is 31.2 Å². The summed E-state index contributed by atoms with van der Waals surface area (Å²) in [6.07, 6.45) is 0.317. The number of aliphatic hydroxyl groups is 1. The highest BCUT2D eigenvalue weighted by Gasteiger charge is 2.06. The highest BCUT2D eigenvalue weighted by atomic mass is 32.2. The van der Waals surface area contributed by atoms with E-state index in [1.165, 1.54) is 0 Å². The lowest BCUT2D eigenvalue weighted by Gasteiger charge is -2.06. The van der Waals surface area contributed by atoms with E-state index in [1.54, 1.807) is 18.7 Å². The molecule has 0 aliphatic heterocycles. The molecule has 1 aromatic carbocycles. The maximum absolute atomic E-state index is 9.52. The van der Waals surface area contributed by atoms with Crippen LogP contribution >= 0.6 is 11.8 Å². The number of benzene rings is 1. The standard InChI is InChI=1S/C13H16N2O2S/c1-3-13-14-12(15-17-13)8-18-11-6-4-5-10(7-11)9(2)16/h4-7,9,16H,3,8H2,1-2H3. The second-order valence-electron chi connectivity index (χ2n) is 4.00. The van der Waals surface area contributed by atoms with Gasteiger partial charge >= 0.3 is 0 Å². The van der Waals surface area contributed by atoms with Gasteiger partial charge in [0.15, 0.2) is 5.82 Å². The number of hydrogen-bond acceptors (Lipinski definition) is 5. The van der Waals surface area contributed by atoms with E-state index in [0.717, 1.165) is 16.9 Å². The molecule has 1 N–H and O–H groups in total. The molecule has 96 valence electrons. The van der Waals surface area contributed by atoms with Gasteiger partial charge in [0.25, 0.3) is 0 Å². The topological polar surface area (TPSA) is 59.2 Å². The molecule has 2 rings (SSSR count). The highest BCUT2D eigenvalue weighted by Crippen LogP contribution is 2.24. The molecule has 18 heavy (non-hydrogen) atoms. The second kappa shape index (κ2) is 6.02. The summed E-state index contributed by atoms with van der Waals surface area (Å²) in [7, 11) is 0. The summed E-state index contributed by atoms with van der Waals surface area (Å²) in [6.45, 7) is 3.74. The summed E-state index contributed by atoms with van der Waals surface area (Å²) >= 11 is 1.63. The van der Waals surface area contributed by atoms with Crippen molar-refractivity contribution in [3.63, 3.8) is 0 Å². The van der Waals surface area contributed by atoms with Crippen LogP contribution in [0.5, 0.6) is 0 Å². The first-order valence-corrected chi connectivity index (χ1v) is 6.90.